The lowest BCUT2D eigenvalue weighted by Gasteiger charge is -2.03. The molecule has 5 heteroatoms. The van der Waals surface area contributed by atoms with Gasteiger partial charge in [0, 0.05) is 5.02 Å². The summed E-state index contributed by atoms with van der Waals surface area (Å²) in [5.74, 6) is 1.10. The van der Waals surface area contributed by atoms with Crippen LogP contribution in [0.2, 0.25) is 5.02 Å². The molecule has 0 amide bonds. The number of hydrogen-bond donors (Lipinski definition) is 1. The third-order valence-corrected chi connectivity index (χ3v) is 1.95. The van der Waals surface area contributed by atoms with Gasteiger partial charge in [0.05, 0.1) is 12.4 Å². The normalized spacial score (nSPS) is 9.93. The average Bonchev–Trinajstić information content (AvgIpc) is 2.25. The Kier molecular flexibility index (Phi) is 2.69. The number of H-pyrrole nitrogens is 1. The molecule has 0 spiro atoms. The molecule has 1 N–H and O–H groups in total. The quantitative estimate of drug-likeness (QED) is 0.848. The summed E-state index contributed by atoms with van der Waals surface area (Å²) in [6.07, 6.45) is 2.80. The largest absolute Gasteiger partial charge is 0.454 e. The lowest BCUT2D eigenvalue weighted by molar-refractivity contribution is 0.476. The molecule has 76 valence electrons. The maximum Gasteiger partial charge on any atom is 0.345 e. The second kappa shape index (κ2) is 4.14. The fourth-order valence-electron chi connectivity index (χ4n) is 1.02. The Hall–Kier alpha value is -1.81. The van der Waals surface area contributed by atoms with Crippen molar-refractivity contribution in [3.63, 3.8) is 0 Å². The second-order valence-electron chi connectivity index (χ2n) is 2.81. The molecule has 1 aromatic heterocycles. The highest BCUT2D eigenvalue weighted by molar-refractivity contribution is 6.30. The number of aromatic nitrogens is 2. The highest BCUT2D eigenvalue weighted by Crippen LogP contribution is 2.20. The van der Waals surface area contributed by atoms with E-state index in [-0.39, 0.29) is 0 Å². The molecule has 2 aromatic rings. The summed E-state index contributed by atoms with van der Waals surface area (Å²) < 4.78 is 5.40. The van der Waals surface area contributed by atoms with Crippen LogP contribution in [0.3, 0.4) is 0 Å². The minimum Gasteiger partial charge on any atom is -0.454 e. The van der Waals surface area contributed by atoms with Crippen LogP contribution in [-0.4, -0.2) is 9.97 Å². The highest BCUT2D eigenvalue weighted by atomic mass is 35.5. The molecule has 2 rings (SSSR count). The molecule has 1 heterocycles. The van der Waals surface area contributed by atoms with Crippen molar-refractivity contribution >= 4 is 11.6 Å². The molecule has 4 nitrogen and oxygen atoms in total. The Labute approximate surface area is 90.5 Å². The van der Waals surface area contributed by atoms with E-state index in [0.717, 1.165) is 0 Å². The predicted octanol–water partition coefficient (Wildman–Crippen LogP) is 2.22. The summed E-state index contributed by atoms with van der Waals surface area (Å²) in [5.41, 5.74) is -0.404. The maximum atomic E-state index is 10.7. The smallest absolute Gasteiger partial charge is 0.345 e. The third-order valence-electron chi connectivity index (χ3n) is 1.70. The van der Waals surface area contributed by atoms with Crippen molar-refractivity contribution in [3.05, 3.63) is 52.2 Å². The van der Waals surface area contributed by atoms with E-state index < -0.39 is 5.69 Å². The zero-order chi connectivity index (χ0) is 10.7. The van der Waals surface area contributed by atoms with Gasteiger partial charge >= 0.3 is 5.69 Å². The topological polar surface area (TPSA) is 55.0 Å². The first-order valence-corrected chi connectivity index (χ1v) is 4.60. The summed E-state index contributed by atoms with van der Waals surface area (Å²) in [5, 5.41) is 0.641. The van der Waals surface area contributed by atoms with E-state index >= 15 is 0 Å². The monoisotopic (exact) mass is 222 g/mol. The molecule has 0 unspecified atom stereocenters. The van der Waals surface area contributed by atoms with Crippen LogP contribution in [0.5, 0.6) is 11.5 Å². The fraction of sp³-hybridized carbons (Fsp3) is 0. The maximum absolute atomic E-state index is 10.7. The molecule has 0 atom stereocenters. The molecule has 0 aliphatic rings. The van der Waals surface area contributed by atoms with Gasteiger partial charge in [0.25, 0.3) is 0 Å². The van der Waals surface area contributed by atoms with Gasteiger partial charge in [-0.25, -0.2) is 4.79 Å². The van der Waals surface area contributed by atoms with Gasteiger partial charge in [0.2, 0.25) is 0 Å². The molecular weight excluding hydrogens is 216 g/mol. The minimum absolute atomic E-state index is 0.404. The van der Waals surface area contributed by atoms with Crippen LogP contribution in [0, 0.1) is 0 Å². The number of benzene rings is 1. The summed E-state index contributed by atoms with van der Waals surface area (Å²) in [6.45, 7) is 0. The van der Waals surface area contributed by atoms with E-state index in [1.807, 2.05) is 0 Å². The number of halogens is 1. The first-order chi connectivity index (χ1) is 7.24. The molecule has 0 radical (unpaired) electrons. The van der Waals surface area contributed by atoms with Gasteiger partial charge in [-0.15, -0.1) is 0 Å². The van der Waals surface area contributed by atoms with E-state index in [1.165, 1.54) is 12.4 Å². The van der Waals surface area contributed by atoms with Gasteiger partial charge in [-0.2, -0.15) is 4.98 Å². The molecule has 0 saturated carbocycles. The molecule has 0 saturated heterocycles. The molecule has 0 fully saturated rings. The first-order valence-electron chi connectivity index (χ1n) is 4.22. The number of hydrogen-bond acceptors (Lipinski definition) is 3. The fourth-order valence-corrected chi connectivity index (χ4v) is 1.15. The van der Waals surface area contributed by atoms with E-state index in [2.05, 4.69) is 9.97 Å². The molecule has 15 heavy (non-hydrogen) atoms. The highest BCUT2D eigenvalue weighted by Gasteiger charge is 1.97. The van der Waals surface area contributed by atoms with Crippen LogP contribution in [0.4, 0.5) is 0 Å². The van der Waals surface area contributed by atoms with Crippen molar-refractivity contribution in [3.8, 4) is 11.5 Å². The van der Waals surface area contributed by atoms with E-state index in [9.17, 15) is 4.79 Å². The van der Waals surface area contributed by atoms with Crippen molar-refractivity contribution in [2.75, 3.05) is 0 Å². The summed E-state index contributed by atoms with van der Waals surface area (Å²) >= 11 is 5.72. The number of nitrogens with zero attached hydrogens (tertiary/aromatic N) is 1. The molecule has 0 aliphatic carbocycles. The predicted molar refractivity (Wildman–Crippen MR) is 56.4 cm³/mol. The average molecular weight is 223 g/mol. The Bertz CT molecular complexity index is 487. The van der Waals surface area contributed by atoms with Crippen molar-refractivity contribution in [2.45, 2.75) is 0 Å². The van der Waals surface area contributed by atoms with E-state index in [0.29, 0.717) is 16.5 Å². The van der Waals surface area contributed by atoms with Gasteiger partial charge < -0.3 is 9.72 Å². The zero-order valence-corrected chi connectivity index (χ0v) is 8.36. The molecular formula is C10H7ClN2O2. The van der Waals surface area contributed by atoms with Gasteiger partial charge in [-0.05, 0) is 24.3 Å². The minimum atomic E-state index is -0.404. The van der Waals surface area contributed by atoms with Crippen LogP contribution in [-0.2, 0) is 0 Å². The van der Waals surface area contributed by atoms with Crippen LogP contribution in [0.25, 0.3) is 0 Å². The standard InChI is InChI=1S/C10H7ClN2O2/c11-7-1-3-8(4-2-7)15-9-5-12-10(14)13-6-9/h1-6H,(H,12,13,14). The Balaban J connectivity index is 2.18. The van der Waals surface area contributed by atoms with Crippen molar-refractivity contribution in [2.24, 2.45) is 0 Å². The first kappa shape index (κ1) is 9.73. The SMILES string of the molecule is O=c1ncc(Oc2ccc(Cl)cc2)c[nH]1. The van der Waals surface area contributed by atoms with Gasteiger partial charge in [0.15, 0.2) is 5.75 Å². The van der Waals surface area contributed by atoms with Crippen molar-refractivity contribution in [1.82, 2.24) is 9.97 Å². The number of rotatable bonds is 2. The number of nitrogens with one attached hydrogen (secondary N) is 1. The van der Waals surface area contributed by atoms with Gasteiger partial charge in [0.1, 0.15) is 5.75 Å². The number of aromatic amines is 1. The second-order valence-corrected chi connectivity index (χ2v) is 3.25. The summed E-state index contributed by atoms with van der Waals surface area (Å²) in [6, 6.07) is 6.90. The molecule has 0 aliphatic heterocycles. The Morgan fingerprint density at radius 3 is 2.53 bits per heavy atom. The summed E-state index contributed by atoms with van der Waals surface area (Å²) in [7, 11) is 0. The van der Waals surface area contributed by atoms with E-state index in [1.54, 1.807) is 24.3 Å². The van der Waals surface area contributed by atoms with Crippen LogP contribution in [0.15, 0.2) is 41.5 Å². The zero-order valence-electron chi connectivity index (χ0n) is 7.61. The van der Waals surface area contributed by atoms with Crippen LogP contribution < -0.4 is 10.4 Å². The van der Waals surface area contributed by atoms with Gasteiger partial charge in [-0.1, -0.05) is 11.6 Å². The van der Waals surface area contributed by atoms with Crippen LogP contribution in [0.1, 0.15) is 0 Å². The Morgan fingerprint density at radius 2 is 1.93 bits per heavy atom. The van der Waals surface area contributed by atoms with Crippen molar-refractivity contribution in [1.29, 1.82) is 0 Å². The van der Waals surface area contributed by atoms with Crippen molar-refractivity contribution < 1.29 is 4.74 Å². The third kappa shape index (κ3) is 2.57. The van der Waals surface area contributed by atoms with E-state index in [4.69, 9.17) is 16.3 Å². The summed E-state index contributed by atoms with van der Waals surface area (Å²) in [4.78, 5) is 16.6. The Morgan fingerprint density at radius 1 is 1.20 bits per heavy atom. The number of ether oxygens (including phenoxy) is 1. The lowest BCUT2D eigenvalue weighted by atomic mass is 10.3. The lowest BCUT2D eigenvalue weighted by Crippen LogP contribution is -2.07. The van der Waals surface area contributed by atoms with Crippen LogP contribution >= 0.6 is 11.6 Å². The van der Waals surface area contributed by atoms with Gasteiger partial charge in [-0.3, -0.25) is 0 Å². The molecule has 0 bridgehead atoms. The molecule has 1 aromatic carbocycles.